The first kappa shape index (κ1) is 14.3. The molecule has 4 nitrogen and oxygen atoms in total. The first-order valence-electron chi connectivity index (χ1n) is 5.93. The molecular weight excluding hydrogens is 334 g/mol. The van der Waals surface area contributed by atoms with E-state index in [0.29, 0.717) is 27.5 Å². The number of hydrogen-bond acceptors (Lipinski definition) is 2. The Morgan fingerprint density at radius 2 is 2.11 bits per heavy atom. The van der Waals surface area contributed by atoms with Crippen LogP contribution in [-0.2, 0) is 4.79 Å². The zero-order valence-corrected chi connectivity index (χ0v) is 12.4. The van der Waals surface area contributed by atoms with Crippen LogP contribution in [0, 0.1) is 5.92 Å². The molecule has 19 heavy (non-hydrogen) atoms. The number of rotatable bonds is 5. The van der Waals surface area contributed by atoms with Crippen LogP contribution in [0.5, 0.6) is 0 Å². The third kappa shape index (κ3) is 3.94. The molecule has 1 aliphatic rings. The molecule has 1 amide bonds. The lowest BCUT2D eigenvalue weighted by molar-refractivity contribution is -0.137. The largest absolute Gasteiger partial charge is 0.480 e. The van der Waals surface area contributed by atoms with E-state index in [1.54, 1.807) is 18.2 Å². The fourth-order valence-electron chi connectivity index (χ4n) is 1.83. The summed E-state index contributed by atoms with van der Waals surface area (Å²) in [5.74, 6) is -0.841. The van der Waals surface area contributed by atoms with Crippen LogP contribution < -0.4 is 0 Å². The molecule has 1 aromatic rings. The zero-order chi connectivity index (χ0) is 14.0. The Balaban J connectivity index is 2.19. The number of aliphatic carboxylic acids is 1. The minimum absolute atomic E-state index is 0.273. The van der Waals surface area contributed by atoms with Gasteiger partial charge in [-0.1, -0.05) is 11.6 Å². The van der Waals surface area contributed by atoms with E-state index in [4.69, 9.17) is 16.7 Å². The Bertz CT molecular complexity index is 517. The van der Waals surface area contributed by atoms with Crippen LogP contribution in [0.25, 0.3) is 0 Å². The fraction of sp³-hybridized carbons (Fsp3) is 0.385. The lowest BCUT2D eigenvalue weighted by Crippen LogP contribution is -2.37. The molecule has 0 aromatic heterocycles. The normalized spacial score (nSPS) is 14.2. The van der Waals surface area contributed by atoms with Gasteiger partial charge >= 0.3 is 5.97 Å². The zero-order valence-electron chi connectivity index (χ0n) is 10.1. The van der Waals surface area contributed by atoms with Gasteiger partial charge in [0.15, 0.2) is 0 Å². The van der Waals surface area contributed by atoms with Crippen LogP contribution in [0.2, 0.25) is 5.02 Å². The van der Waals surface area contributed by atoms with E-state index in [1.165, 1.54) is 4.90 Å². The third-order valence-electron chi connectivity index (χ3n) is 2.95. The standard InChI is InChI=1S/C13H13BrClNO3/c14-11-5-9(15)3-4-10(11)13(19)16(7-12(17)18)6-8-1-2-8/h3-5,8H,1-2,6-7H2,(H,17,18). The van der Waals surface area contributed by atoms with Crippen LogP contribution >= 0.6 is 27.5 Å². The molecular formula is C13H13BrClNO3. The predicted molar refractivity (Wildman–Crippen MR) is 75.4 cm³/mol. The highest BCUT2D eigenvalue weighted by Crippen LogP contribution is 2.31. The molecule has 2 rings (SSSR count). The van der Waals surface area contributed by atoms with E-state index < -0.39 is 5.97 Å². The first-order valence-corrected chi connectivity index (χ1v) is 7.10. The lowest BCUT2D eigenvalue weighted by Gasteiger charge is -2.21. The van der Waals surface area contributed by atoms with Gasteiger partial charge in [-0.05, 0) is 52.9 Å². The minimum atomic E-state index is -1.00. The summed E-state index contributed by atoms with van der Waals surface area (Å²) in [7, 11) is 0. The van der Waals surface area contributed by atoms with Gasteiger partial charge in [0, 0.05) is 16.0 Å². The second-order valence-corrected chi connectivity index (χ2v) is 5.94. The highest BCUT2D eigenvalue weighted by Gasteiger charge is 2.29. The molecule has 0 spiro atoms. The Hall–Kier alpha value is -1.07. The van der Waals surface area contributed by atoms with Crippen molar-refractivity contribution in [2.24, 2.45) is 5.92 Å². The fourth-order valence-corrected chi connectivity index (χ4v) is 2.68. The number of nitrogens with zero attached hydrogens (tertiary/aromatic N) is 1. The molecule has 0 bridgehead atoms. The summed E-state index contributed by atoms with van der Waals surface area (Å²) in [5.41, 5.74) is 0.436. The van der Waals surface area contributed by atoms with E-state index in [1.807, 2.05) is 0 Å². The van der Waals surface area contributed by atoms with Crippen LogP contribution in [0.3, 0.4) is 0 Å². The van der Waals surface area contributed by atoms with Crippen molar-refractivity contribution in [3.05, 3.63) is 33.3 Å². The summed E-state index contributed by atoms with van der Waals surface area (Å²) in [6.45, 7) is 0.227. The van der Waals surface area contributed by atoms with Gasteiger partial charge in [0.25, 0.3) is 5.91 Å². The van der Waals surface area contributed by atoms with Gasteiger partial charge in [-0.2, -0.15) is 0 Å². The molecule has 1 fully saturated rings. The summed E-state index contributed by atoms with van der Waals surface area (Å²) in [4.78, 5) is 24.6. The average Bonchev–Trinajstić information content (AvgIpc) is 3.10. The van der Waals surface area contributed by atoms with E-state index in [9.17, 15) is 9.59 Å². The first-order chi connectivity index (χ1) is 8.97. The molecule has 1 aliphatic carbocycles. The molecule has 0 heterocycles. The topological polar surface area (TPSA) is 57.6 Å². The van der Waals surface area contributed by atoms with Crippen LogP contribution in [0.4, 0.5) is 0 Å². The molecule has 0 atom stereocenters. The molecule has 0 aliphatic heterocycles. The van der Waals surface area contributed by atoms with E-state index in [0.717, 1.165) is 12.8 Å². The number of carboxylic acid groups (broad SMARTS) is 1. The van der Waals surface area contributed by atoms with Crippen molar-refractivity contribution in [3.8, 4) is 0 Å². The number of benzene rings is 1. The highest BCUT2D eigenvalue weighted by molar-refractivity contribution is 9.10. The molecule has 6 heteroatoms. The number of carbonyl (C=O) groups excluding carboxylic acids is 1. The van der Waals surface area contributed by atoms with Crippen molar-refractivity contribution < 1.29 is 14.7 Å². The molecule has 1 aromatic carbocycles. The molecule has 102 valence electrons. The van der Waals surface area contributed by atoms with Crippen molar-refractivity contribution in [2.45, 2.75) is 12.8 Å². The van der Waals surface area contributed by atoms with Crippen molar-refractivity contribution in [1.29, 1.82) is 0 Å². The van der Waals surface area contributed by atoms with E-state index in [2.05, 4.69) is 15.9 Å². The number of carbonyl (C=O) groups is 2. The maximum Gasteiger partial charge on any atom is 0.323 e. The second-order valence-electron chi connectivity index (χ2n) is 4.65. The van der Waals surface area contributed by atoms with Crippen LogP contribution in [-0.4, -0.2) is 35.0 Å². The van der Waals surface area contributed by atoms with Gasteiger partial charge in [-0.25, -0.2) is 0 Å². The van der Waals surface area contributed by atoms with Gasteiger partial charge in [0.05, 0.1) is 5.56 Å². The Labute approximate surface area is 124 Å². The smallest absolute Gasteiger partial charge is 0.323 e. The Kier molecular flexibility index (Phi) is 4.47. The third-order valence-corrected chi connectivity index (χ3v) is 3.84. The second kappa shape index (κ2) is 5.92. The van der Waals surface area contributed by atoms with Crippen molar-refractivity contribution in [1.82, 2.24) is 4.90 Å². The minimum Gasteiger partial charge on any atom is -0.480 e. The lowest BCUT2D eigenvalue weighted by atomic mass is 10.2. The summed E-state index contributed by atoms with van der Waals surface area (Å²) in [6, 6.07) is 4.86. The molecule has 0 radical (unpaired) electrons. The summed E-state index contributed by atoms with van der Waals surface area (Å²) >= 11 is 9.12. The summed E-state index contributed by atoms with van der Waals surface area (Å²) in [5, 5.41) is 9.42. The van der Waals surface area contributed by atoms with Gasteiger partial charge in [0.1, 0.15) is 6.54 Å². The average molecular weight is 347 g/mol. The molecule has 1 N–H and O–H groups in total. The van der Waals surface area contributed by atoms with E-state index in [-0.39, 0.29) is 12.5 Å². The maximum atomic E-state index is 12.4. The van der Waals surface area contributed by atoms with Crippen LogP contribution in [0.1, 0.15) is 23.2 Å². The molecule has 1 saturated carbocycles. The predicted octanol–water partition coefficient (Wildman–Crippen LogP) is 3.04. The monoisotopic (exact) mass is 345 g/mol. The van der Waals surface area contributed by atoms with Crippen molar-refractivity contribution in [3.63, 3.8) is 0 Å². The maximum absolute atomic E-state index is 12.4. The van der Waals surface area contributed by atoms with Gasteiger partial charge in [-0.15, -0.1) is 0 Å². The van der Waals surface area contributed by atoms with Gasteiger partial charge < -0.3 is 10.0 Å². The number of halogens is 2. The Morgan fingerprint density at radius 1 is 1.42 bits per heavy atom. The number of hydrogen-bond donors (Lipinski definition) is 1. The van der Waals surface area contributed by atoms with Crippen LogP contribution in [0.15, 0.2) is 22.7 Å². The number of carboxylic acids is 1. The SMILES string of the molecule is O=C(O)CN(CC1CC1)C(=O)c1ccc(Cl)cc1Br. The highest BCUT2D eigenvalue weighted by atomic mass is 79.9. The molecule has 0 unspecified atom stereocenters. The summed E-state index contributed by atoms with van der Waals surface area (Å²) < 4.78 is 0.580. The number of amides is 1. The summed E-state index contributed by atoms with van der Waals surface area (Å²) in [6.07, 6.45) is 2.12. The quantitative estimate of drug-likeness (QED) is 0.891. The van der Waals surface area contributed by atoms with Crippen molar-refractivity contribution >= 4 is 39.4 Å². The van der Waals surface area contributed by atoms with Gasteiger partial charge in [0.2, 0.25) is 0 Å². The Morgan fingerprint density at radius 3 is 2.63 bits per heavy atom. The van der Waals surface area contributed by atoms with Gasteiger partial charge in [-0.3, -0.25) is 9.59 Å². The van der Waals surface area contributed by atoms with E-state index >= 15 is 0 Å². The molecule has 0 saturated heterocycles. The van der Waals surface area contributed by atoms with Crippen molar-refractivity contribution in [2.75, 3.05) is 13.1 Å².